The van der Waals surface area contributed by atoms with Gasteiger partial charge in [-0.2, -0.15) is 0 Å². The van der Waals surface area contributed by atoms with Crippen LogP contribution in [0.15, 0.2) is 47.4 Å². The van der Waals surface area contributed by atoms with Gasteiger partial charge in [0, 0.05) is 37.9 Å². The van der Waals surface area contributed by atoms with E-state index in [1.165, 1.54) is 17.4 Å². The van der Waals surface area contributed by atoms with E-state index < -0.39 is 5.82 Å². The van der Waals surface area contributed by atoms with Gasteiger partial charge in [-0.05, 0) is 37.3 Å². The van der Waals surface area contributed by atoms with Crippen molar-refractivity contribution < 1.29 is 14.0 Å². The fraction of sp³-hybridized carbons (Fsp3) is 0.300. The van der Waals surface area contributed by atoms with E-state index in [9.17, 15) is 18.8 Å². The Balaban J connectivity index is 1.41. The Morgan fingerprint density at radius 3 is 2.52 bits per heavy atom. The molecule has 3 heterocycles. The van der Waals surface area contributed by atoms with Crippen molar-refractivity contribution in [3.05, 3.63) is 64.5 Å². The van der Waals surface area contributed by atoms with Gasteiger partial charge in [-0.15, -0.1) is 5.10 Å². The van der Waals surface area contributed by atoms with Crippen LogP contribution in [0.2, 0.25) is 0 Å². The van der Waals surface area contributed by atoms with E-state index in [0.717, 1.165) is 4.68 Å². The van der Waals surface area contributed by atoms with Crippen LogP contribution in [0.1, 0.15) is 17.3 Å². The lowest BCUT2D eigenvalue weighted by molar-refractivity contribution is -0.132. The van der Waals surface area contributed by atoms with Crippen LogP contribution >= 0.6 is 0 Å². The number of carbonyl (C=O) groups excluding carboxylic acids is 2. The van der Waals surface area contributed by atoms with Crippen molar-refractivity contribution in [2.75, 3.05) is 31.1 Å². The first-order valence-corrected chi connectivity index (χ1v) is 9.31. The van der Waals surface area contributed by atoms with Crippen LogP contribution in [-0.4, -0.2) is 57.0 Å². The van der Waals surface area contributed by atoms with Crippen molar-refractivity contribution in [2.24, 2.45) is 0 Å². The molecular weight excluding hydrogens is 377 g/mol. The maximum absolute atomic E-state index is 14.4. The molecule has 29 heavy (non-hydrogen) atoms. The number of aromatic nitrogens is 3. The zero-order valence-corrected chi connectivity index (χ0v) is 15.9. The van der Waals surface area contributed by atoms with Gasteiger partial charge < -0.3 is 9.80 Å². The predicted molar refractivity (Wildman–Crippen MR) is 105 cm³/mol. The number of hydrogen-bond donors (Lipinski definition) is 0. The van der Waals surface area contributed by atoms with Gasteiger partial charge in [0.15, 0.2) is 11.4 Å². The number of rotatable bonds is 4. The predicted octanol–water partition coefficient (Wildman–Crippen LogP) is 1.19. The number of amides is 1. The van der Waals surface area contributed by atoms with E-state index in [4.69, 9.17) is 0 Å². The zero-order chi connectivity index (χ0) is 20.5. The van der Waals surface area contributed by atoms with Crippen LogP contribution < -0.4 is 10.6 Å². The highest BCUT2D eigenvalue weighted by Gasteiger charge is 2.24. The van der Waals surface area contributed by atoms with Crippen LogP contribution in [0.25, 0.3) is 5.65 Å². The lowest BCUT2D eigenvalue weighted by Crippen LogP contribution is -2.50. The van der Waals surface area contributed by atoms with Crippen LogP contribution in [0.5, 0.6) is 0 Å². The molecule has 9 heteroatoms. The monoisotopic (exact) mass is 397 g/mol. The zero-order valence-electron chi connectivity index (χ0n) is 15.9. The summed E-state index contributed by atoms with van der Waals surface area (Å²) >= 11 is 0. The molecule has 0 unspecified atom stereocenters. The minimum atomic E-state index is -0.450. The maximum atomic E-state index is 14.4. The molecule has 2 aromatic heterocycles. The number of ketones is 1. The first-order valence-electron chi connectivity index (χ1n) is 9.31. The minimum absolute atomic E-state index is 0.137. The number of nitrogens with zero attached hydrogens (tertiary/aromatic N) is 5. The molecule has 4 rings (SSSR count). The number of piperazine rings is 1. The number of benzene rings is 1. The second kappa shape index (κ2) is 7.50. The molecule has 0 saturated carbocycles. The number of Topliss-reactive ketones (excluding diaryl/α,β-unsaturated/α-hetero) is 1. The summed E-state index contributed by atoms with van der Waals surface area (Å²) < 4.78 is 16.9. The topological polar surface area (TPSA) is 79.9 Å². The average molecular weight is 397 g/mol. The van der Waals surface area contributed by atoms with Crippen LogP contribution in [-0.2, 0) is 11.3 Å². The molecule has 0 atom stereocenters. The molecule has 1 aromatic carbocycles. The Bertz CT molecular complexity index is 1140. The fourth-order valence-corrected chi connectivity index (χ4v) is 3.48. The van der Waals surface area contributed by atoms with E-state index in [2.05, 4.69) is 5.10 Å². The van der Waals surface area contributed by atoms with E-state index in [-0.39, 0.29) is 23.9 Å². The SMILES string of the molecule is CC(=O)c1ccc(N2CCN(C(=O)Cn3nc4ccccn4c3=O)CC2)c(F)c1. The van der Waals surface area contributed by atoms with Gasteiger partial charge >= 0.3 is 5.69 Å². The number of carbonyl (C=O) groups is 2. The molecule has 0 spiro atoms. The van der Waals surface area contributed by atoms with Gasteiger partial charge in [0.1, 0.15) is 12.4 Å². The summed E-state index contributed by atoms with van der Waals surface area (Å²) in [6.07, 6.45) is 1.61. The highest BCUT2D eigenvalue weighted by Crippen LogP contribution is 2.22. The third-order valence-electron chi connectivity index (χ3n) is 5.10. The quantitative estimate of drug-likeness (QED) is 0.618. The molecule has 1 amide bonds. The molecular formula is C20H20FN5O3. The van der Waals surface area contributed by atoms with Gasteiger partial charge in [0.05, 0.1) is 5.69 Å². The van der Waals surface area contributed by atoms with Crippen molar-refractivity contribution in [2.45, 2.75) is 13.5 Å². The summed E-state index contributed by atoms with van der Waals surface area (Å²) in [4.78, 5) is 39.8. The first kappa shape index (κ1) is 18.9. The molecule has 1 aliphatic rings. The molecule has 150 valence electrons. The molecule has 0 radical (unpaired) electrons. The molecule has 1 fully saturated rings. The molecule has 0 aliphatic carbocycles. The van der Waals surface area contributed by atoms with Gasteiger partial charge in [-0.1, -0.05) is 6.07 Å². The van der Waals surface area contributed by atoms with E-state index >= 15 is 0 Å². The summed E-state index contributed by atoms with van der Waals surface area (Å²) in [5.74, 6) is -0.843. The van der Waals surface area contributed by atoms with Crippen LogP contribution in [0, 0.1) is 5.82 Å². The molecule has 0 bridgehead atoms. The minimum Gasteiger partial charge on any atom is -0.366 e. The Kier molecular flexibility index (Phi) is 4.87. The summed E-state index contributed by atoms with van der Waals surface area (Å²) in [7, 11) is 0. The Hall–Kier alpha value is -3.49. The summed E-state index contributed by atoms with van der Waals surface area (Å²) in [5.41, 5.74) is 0.872. The van der Waals surface area contributed by atoms with Crippen LogP contribution in [0.4, 0.5) is 10.1 Å². The van der Waals surface area contributed by atoms with Crippen molar-refractivity contribution in [1.82, 2.24) is 19.1 Å². The standard InChI is InChI=1S/C20H20FN5O3/c1-14(27)15-5-6-17(16(21)12-15)23-8-10-24(11-9-23)19(28)13-26-20(29)25-7-3-2-4-18(25)22-26/h2-7,12H,8-11,13H2,1H3. The van der Waals surface area contributed by atoms with E-state index in [0.29, 0.717) is 43.1 Å². The second-order valence-electron chi connectivity index (χ2n) is 6.96. The number of fused-ring (bicyclic) bond motifs is 1. The fourth-order valence-electron chi connectivity index (χ4n) is 3.48. The van der Waals surface area contributed by atoms with Crippen molar-refractivity contribution >= 4 is 23.0 Å². The third-order valence-corrected chi connectivity index (χ3v) is 5.10. The maximum Gasteiger partial charge on any atom is 0.350 e. The highest BCUT2D eigenvalue weighted by molar-refractivity contribution is 5.94. The molecule has 3 aromatic rings. The van der Waals surface area contributed by atoms with Gasteiger partial charge in [-0.25, -0.2) is 13.9 Å². The van der Waals surface area contributed by atoms with Gasteiger partial charge in [0.25, 0.3) is 0 Å². The molecule has 1 aliphatic heterocycles. The molecule has 8 nitrogen and oxygen atoms in total. The number of halogens is 1. The smallest absolute Gasteiger partial charge is 0.350 e. The number of hydrogen-bond acceptors (Lipinski definition) is 5. The van der Waals surface area contributed by atoms with Gasteiger partial charge in [-0.3, -0.25) is 14.0 Å². The average Bonchev–Trinajstić information content (AvgIpc) is 3.03. The number of pyridine rings is 1. The molecule has 0 N–H and O–H groups in total. The van der Waals surface area contributed by atoms with Crippen LogP contribution in [0.3, 0.4) is 0 Å². The Morgan fingerprint density at radius 2 is 1.86 bits per heavy atom. The van der Waals surface area contributed by atoms with E-state index in [1.807, 2.05) is 4.90 Å². The van der Waals surface area contributed by atoms with Crippen molar-refractivity contribution in [3.63, 3.8) is 0 Å². The van der Waals surface area contributed by atoms with Gasteiger partial charge in [0.2, 0.25) is 5.91 Å². The lowest BCUT2D eigenvalue weighted by Gasteiger charge is -2.36. The third kappa shape index (κ3) is 3.63. The Morgan fingerprint density at radius 1 is 1.10 bits per heavy atom. The normalized spacial score (nSPS) is 14.4. The lowest BCUT2D eigenvalue weighted by atomic mass is 10.1. The Labute approximate surface area is 165 Å². The second-order valence-corrected chi connectivity index (χ2v) is 6.96. The largest absolute Gasteiger partial charge is 0.366 e. The summed E-state index contributed by atoms with van der Waals surface area (Å²) in [5, 5.41) is 4.18. The summed E-state index contributed by atoms with van der Waals surface area (Å²) in [6, 6.07) is 9.64. The summed E-state index contributed by atoms with van der Waals surface area (Å²) in [6.45, 7) is 3.00. The van der Waals surface area contributed by atoms with Crippen molar-refractivity contribution in [1.29, 1.82) is 0 Å². The molecule has 1 saturated heterocycles. The number of anilines is 1. The van der Waals surface area contributed by atoms with Crippen molar-refractivity contribution in [3.8, 4) is 0 Å². The first-order chi connectivity index (χ1) is 13.9. The highest BCUT2D eigenvalue weighted by atomic mass is 19.1. The van der Waals surface area contributed by atoms with E-state index in [1.54, 1.807) is 41.4 Å².